The predicted octanol–water partition coefficient (Wildman–Crippen LogP) is 5.12. The van der Waals surface area contributed by atoms with Gasteiger partial charge in [0.15, 0.2) is 0 Å². The monoisotopic (exact) mass is 607 g/mol. The molecule has 1 atom stereocenters. The Hall–Kier alpha value is -4.26. The maximum atomic E-state index is 14.2. The first-order valence-electron chi connectivity index (χ1n) is 12.7. The van der Waals surface area contributed by atoms with Crippen LogP contribution in [0, 0.1) is 17.0 Å². The van der Waals surface area contributed by atoms with Gasteiger partial charge >= 0.3 is 6.18 Å². The van der Waals surface area contributed by atoms with E-state index >= 15 is 0 Å². The molecule has 1 saturated carbocycles. The molecule has 5 rings (SSSR count). The van der Waals surface area contributed by atoms with Crippen molar-refractivity contribution >= 4 is 41.7 Å². The van der Waals surface area contributed by atoms with E-state index in [4.69, 9.17) is 11.6 Å². The number of carbonyl (C=O) groups is 3. The Labute approximate surface area is 240 Å². The molecule has 3 amide bonds. The normalized spacial score (nSPS) is 17.2. The van der Waals surface area contributed by atoms with Crippen LogP contribution in [0.3, 0.4) is 0 Å². The molecule has 2 aromatic carbocycles. The summed E-state index contributed by atoms with van der Waals surface area (Å²) in [5.74, 6) is -4.23. The standard InChI is InChI=1S/C28H23ClF5N5O3/c1-35-12-27(4-5-27)13-36-26(42)21-10-20(37-25(41)14-6-15(28(32,33)34)8-17(31)7-14)24-23(38-22(40)11-39(21)24)18-9-16(30)2-3-19(18)29/h2-3,6-10,23H,1,4-5,11-13H2,(H,36,42)(H,37,41)(H,38,40). The van der Waals surface area contributed by atoms with Crippen LogP contribution in [-0.4, -0.2) is 42.1 Å². The number of carbonyl (C=O) groups excluding carboxylic acids is 3. The van der Waals surface area contributed by atoms with Crippen LogP contribution in [0.4, 0.5) is 27.6 Å². The number of aromatic nitrogens is 1. The van der Waals surface area contributed by atoms with Gasteiger partial charge in [0, 0.05) is 34.7 Å². The number of halogens is 6. The Bertz CT molecular complexity index is 1620. The Morgan fingerprint density at radius 1 is 1.10 bits per heavy atom. The zero-order chi connectivity index (χ0) is 30.4. The number of nitrogens with zero attached hydrogens (tertiary/aromatic N) is 2. The molecule has 0 spiro atoms. The van der Waals surface area contributed by atoms with E-state index < -0.39 is 52.7 Å². The van der Waals surface area contributed by atoms with Crippen LogP contribution in [0.25, 0.3) is 0 Å². The number of rotatable bonds is 8. The Morgan fingerprint density at radius 3 is 2.50 bits per heavy atom. The SMILES string of the molecule is C=NCC1(CNC(=O)c2cc(NC(=O)c3cc(F)cc(C(F)(F)F)c3)c3n2CC(=O)NC3c2cc(F)ccc2Cl)CC1. The maximum Gasteiger partial charge on any atom is 0.416 e. The third kappa shape index (κ3) is 5.87. The highest BCUT2D eigenvalue weighted by Gasteiger charge is 2.43. The zero-order valence-corrected chi connectivity index (χ0v) is 22.5. The van der Waals surface area contributed by atoms with Gasteiger partial charge in [-0.25, -0.2) is 8.78 Å². The Balaban J connectivity index is 1.57. The number of hydrogen-bond donors (Lipinski definition) is 3. The summed E-state index contributed by atoms with van der Waals surface area (Å²) in [7, 11) is 0. The maximum absolute atomic E-state index is 14.2. The van der Waals surface area contributed by atoms with Crippen molar-refractivity contribution in [3.8, 4) is 0 Å². The summed E-state index contributed by atoms with van der Waals surface area (Å²) in [6.07, 6.45) is -3.26. The van der Waals surface area contributed by atoms with E-state index in [-0.39, 0.29) is 52.2 Å². The van der Waals surface area contributed by atoms with Crippen LogP contribution < -0.4 is 16.0 Å². The topological polar surface area (TPSA) is 105 Å². The highest BCUT2D eigenvalue weighted by atomic mass is 35.5. The molecule has 1 aliphatic heterocycles. The minimum Gasteiger partial charge on any atom is -0.350 e. The molecule has 220 valence electrons. The van der Waals surface area contributed by atoms with Crippen LogP contribution >= 0.6 is 11.6 Å². The largest absolute Gasteiger partial charge is 0.416 e. The molecular formula is C28H23ClF5N5O3. The van der Waals surface area contributed by atoms with Gasteiger partial charge in [-0.1, -0.05) is 11.6 Å². The van der Waals surface area contributed by atoms with Gasteiger partial charge in [-0.05, 0) is 62.0 Å². The predicted molar refractivity (Wildman–Crippen MR) is 144 cm³/mol. The van der Waals surface area contributed by atoms with Crippen LogP contribution in [0.5, 0.6) is 0 Å². The molecule has 3 N–H and O–H groups in total. The summed E-state index contributed by atoms with van der Waals surface area (Å²) in [6.45, 7) is 3.83. The molecule has 0 saturated heterocycles. The van der Waals surface area contributed by atoms with Crippen molar-refractivity contribution in [1.82, 2.24) is 15.2 Å². The van der Waals surface area contributed by atoms with Gasteiger partial charge in [-0.15, -0.1) is 0 Å². The molecule has 1 aromatic heterocycles. The second-order valence-corrected chi connectivity index (χ2v) is 10.7. The molecule has 8 nitrogen and oxygen atoms in total. The van der Waals surface area contributed by atoms with Crippen molar-refractivity contribution in [2.24, 2.45) is 10.4 Å². The molecule has 0 radical (unpaired) electrons. The van der Waals surface area contributed by atoms with E-state index in [2.05, 4.69) is 27.7 Å². The highest BCUT2D eigenvalue weighted by Crippen LogP contribution is 2.45. The van der Waals surface area contributed by atoms with E-state index in [0.29, 0.717) is 18.7 Å². The number of hydrogen-bond acceptors (Lipinski definition) is 4. The summed E-state index contributed by atoms with van der Waals surface area (Å²) in [4.78, 5) is 43.1. The molecule has 2 aliphatic rings. The molecule has 1 unspecified atom stereocenters. The average molecular weight is 608 g/mol. The van der Waals surface area contributed by atoms with E-state index in [1.165, 1.54) is 16.7 Å². The van der Waals surface area contributed by atoms with Gasteiger partial charge in [-0.2, -0.15) is 13.2 Å². The van der Waals surface area contributed by atoms with Crippen molar-refractivity contribution in [3.05, 3.63) is 87.2 Å². The Morgan fingerprint density at radius 2 is 1.83 bits per heavy atom. The van der Waals surface area contributed by atoms with Crippen molar-refractivity contribution in [3.63, 3.8) is 0 Å². The first kappa shape index (κ1) is 29.2. The van der Waals surface area contributed by atoms with Gasteiger partial charge in [0.25, 0.3) is 11.8 Å². The summed E-state index contributed by atoms with van der Waals surface area (Å²) >= 11 is 6.33. The third-order valence-corrected chi connectivity index (χ3v) is 7.63. The minimum absolute atomic E-state index is 0.0507. The molecule has 14 heteroatoms. The highest BCUT2D eigenvalue weighted by molar-refractivity contribution is 6.31. The minimum atomic E-state index is -4.92. The van der Waals surface area contributed by atoms with E-state index in [9.17, 15) is 36.3 Å². The van der Waals surface area contributed by atoms with Crippen molar-refractivity contribution in [2.45, 2.75) is 31.6 Å². The van der Waals surface area contributed by atoms with E-state index in [1.807, 2.05) is 0 Å². The molecule has 0 bridgehead atoms. The lowest BCUT2D eigenvalue weighted by atomic mass is 10.0. The fourth-order valence-corrected chi connectivity index (χ4v) is 5.18. The first-order chi connectivity index (χ1) is 19.8. The van der Waals surface area contributed by atoms with Crippen LogP contribution in [-0.2, 0) is 17.5 Å². The lowest BCUT2D eigenvalue weighted by Gasteiger charge is -2.29. The zero-order valence-electron chi connectivity index (χ0n) is 21.7. The summed E-state index contributed by atoms with van der Waals surface area (Å²) in [5, 5.41) is 7.96. The average Bonchev–Trinajstić information content (AvgIpc) is 3.60. The number of anilines is 1. The first-order valence-corrected chi connectivity index (χ1v) is 13.1. The van der Waals surface area contributed by atoms with Crippen LogP contribution in [0.2, 0.25) is 5.02 Å². The fraction of sp³-hybridized carbons (Fsp3) is 0.286. The van der Waals surface area contributed by atoms with Gasteiger partial charge in [-0.3, -0.25) is 14.4 Å². The molecular weight excluding hydrogens is 585 g/mol. The number of benzene rings is 2. The molecule has 2 heterocycles. The van der Waals surface area contributed by atoms with Gasteiger partial charge in [0.05, 0.1) is 23.0 Å². The number of alkyl halides is 3. The lowest BCUT2D eigenvalue weighted by molar-refractivity contribution is -0.137. The van der Waals surface area contributed by atoms with E-state index in [0.717, 1.165) is 25.0 Å². The second-order valence-electron chi connectivity index (χ2n) is 10.3. The summed E-state index contributed by atoms with van der Waals surface area (Å²) < 4.78 is 69.4. The van der Waals surface area contributed by atoms with E-state index in [1.54, 1.807) is 0 Å². The van der Waals surface area contributed by atoms with Crippen molar-refractivity contribution in [1.29, 1.82) is 0 Å². The third-order valence-electron chi connectivity index (χ3n) is 7.28. The van der Waals surface area contributed by atoms with Gasteiger partial charge in [0.1, 0.15) is 23.9 Å². The molecule has 1 fully saturated rings. The van der Waals surface area contributed by atoms with Crippen LogP contribution in [0.1, 0.15) is 56.6 Å². The number of amides is 3. The van der Waals surface area contributed by atoms with Crippen molar-refractivity contribution in [2.75, 3.05) is 18.4 Å². The number of fused-ring (bicyclic) bond motifs is 1. The Kier molecular flexibility index (Phi) is 7.56. The molecule has 1 aliphatic carbocycles. The number of nitrogens with one attached hydrogen (secondary N) is 3. The molecule has 42 heavy (non-hydrogen) atoms. The quantitative estimate of drug-likeness (QED) is 0.245. The summed E-state index contributed by atoms with van der Waals surface area (Å²) in [6, 6.07) is 4.90. The summed E-state index contributed by atoms with van der Waals surface area (Å²) in [5.41, 5.74) is -2.15. The smallest absolute Gasteiger partial charge is 0.350 e. The van der Waals surface area contributed by atoms with Gasteiger partial charge in [0.2, 0.25) is 5.91 Å². The fourth-order valence-electron chi connectivity index (χ4n) is 4.96. The lowest BCUT2D eigenvalue weighted by Crippen LogP contribution is -2.41. The molecule has 3 aromatic rings. The second kappa shape index (κ2) is 10.9. The van der Waals surface area contributed by atoms with Crippen molar-refractivity contribution < 1.29 is 36.3 Å². The van der Waals surface area contributed by atoms with Crippen LogP contribution in [0.15, 0.2) is 47.5 Å². The number of aliphatic imine (C=N–C) groups is 1. The van der Waals surface area contributed by atoms with Gasteiger partial charge < -0.3 is 25.5 Å².